The van der Waals surface area contributed by atoms with E-state index in [0.717, 1.165) is 11.3 Å². The smallest absolute Gasteiger partial charge is 0.157 e. The molecule has 1 aromatic rings. The summed E-state index contributed by atoms with van der Waals surface area (Å²) in [4.78, 5) is 0. The molecule has 0 bridgehead atoms. The number of benzene rings is 1. The number of rotatable bonds is 5. The van der Waals surface area contributed by atoms with E-state index in [1.54, 1.807) is 7.11 Å². The summed E-state index contributed by atoms with van der Waals surface area (Å²) in [5, 5.41) is 10.2. The number of ether oxygens (including phenoxy) is 3. The van der Waals surface area contributed by atoms with Gasteiger partial charge in [-0.15, -0.1) is 0 Å². The molecule has 1 aliphatic rings. The van der Waals surface area contributed by atoms with Crippen molar-refractivity contribution in [3.05, 3.63) is 29.8 Å². The van der Waals surface area contributed by atoms with Gasteiger partial charge in [-0.3, -0.25) is 0 Å². The van der Waals surface area contributed by atoms with Gasteiger partial charge in [0.05, 0.1) is 26.4 Å². The van der Waals surface area contributed by atoms with Crippen LogP contribution < -0.4 is 4.74 Å². The molecule has 112 valence electrons. The molecule has 0 radical (unpaired) electrons. The normalized spacial score (nSPS) is 20.6. The van der Waals surface area contributed by atoms with Gasteiger partial charge in [-0.25, -0.2) is 0 Å². The zero-order chi connectivity index (χ0) is 14.6. The van der Waals surface area contributed by atoms with Gasteiger partial charge < -0.3 is 19.3 Å². The minimum Gasteiger partial charge on any atom is -0.497 e. The van der Waals surface area contributed by atoms with E-state index in [4.69, 9.17) is 14.2 Å². The molecular weight excluding hydrogens is 256 g/mol. The Bertz CT molecular complexity index is 403. The van der Waals surface area contributed by atoms with Crippen molar-refractivity contribution in [2.75, 3.05) is 20.3 Å². The topological polar surface area (TPSA) is 47.9 Å². The minimum atomic E-state index is -0.497. The molecule has 0 aliphatic carbocycles. The molecule has 4 nitrogen and oxygen atoms in total. The Hall–Kier alpha value is -1.10. The minimum absolute atomic E-state index is 0.0884. The van der Waals surface area contributed by atoms with Crippen LogP contribution in [0.15, 0.2) is 24.3 Å². The van der Waals surface area contributed by atoms with E-state index >= 15 is 0 Å². The lowest BCUT2D eigenvalue weighted by atomic mass is 9.95. The standard InChI is InChI=1S/C16H24O4/c1-16(2)10-19-15(20-11-16)9-8-14(17)12-4-6-13(18-3)7-5-12/h4-7,14-15,17H,8-11H2,1-3H3. The highest BCUT2D eigenvalue weighted by Crippen LogP contribution is 2.27. The van der Waals surface area contributed by atoms with Crippen molar-refractivity contribution < 1.29 is 19.3 Å². The van der Waals surface area contributed by atoms with Crippen LogP contribution in [0, 0.1) is 5.41 Å². The van der Waals surface area contributed by atoms with Crippen LogP contribution in [-0.4, -0.2) is 31.7 Å². The average molecular weight is 280 g/mol. The SMILES string of the molecule is COc1ccc(C(O)CCC2OCC(C)(C)CO2)cc1. The van der Waals surface area contributed by atoms with Crippen LogP contribution in [-0.2, 0) is 9.47 Å². The molecule has 0 aromatic heterocycles. The maximum atomic E-state index is 10.2. The Kier molecular flexibility index (Phi) is 5.02. The van der Waals surface area contributed by atoms with Crippen LogP contribution in [0.25, 0.3) is 0 Å². The first kappa shape index (κ1) is 15.3. The third-order valence-electron chi connectivity index (χ3n) is 3.50. The Morgan fingerprint density at radius 2 is 1.85 bits per heavy atom. The molecule has 1 aliphatic heterocycles. The summed E-state index contributed by atoms with van der Waals surface area (Å²) in [5.41, 5.74) is 0.979. The highest BCUT2D eigenvalue weighted by Gasteiger charge is 2.28. The summed E-state index contributed by atoms with van der Waals surface area (Å²) in [7, 11) is 1.63. The van der Waals surface area contributed by atoms with Crippen LogP contribution in [0.3, 0.4) is 0 Å². The Labute approximate surface area is 120 Å². The lowest BCUT2D eigenvalue weighted by Crippen LogP contribution is -2.37. The molecule has 1 fully saturated rings. The molecule has 1 heterocycles. The summed E-state index contributed by atoms with van der Waals surface area (Å²) in [6.07, 6.45) is 0.625. The molecule has 1 N–H and O–H groups in total. The number of methoxy groups -OCH3 is 1. The Morgan fingerprint density at radius 3 is 2.40 bits per heavy atom. The second kappa shape index (κ2) is 6.57. The van der Waals surface area contributed by atoms with Crippen molar-refractivity contribution in [1.29, 1.82) is 0 Å². The van der Waals surface area contributed by atoms with Crippen molar-refractivity contribution in [3.8, 4) is 5.75 Å². The van der Waals surface area contributed by atoms with Crippen LogP contribution in [0.1, 0.15) is 38.4 Å². The summed E-state index contributed by atoms with van der Waals surface area (Å²) in [6.45, 7) is 5.65. The molecular formula is C16H24O4. The van der Waals surface area contributed by atoms with Crippen LogP contribution in [0.2, 0.25) is 0 Å². The number of aliphatic hydroxyl groups excluding tert-OH is 1. The van der Waals surface area contributed by atoms with Crippen LogP contribution in [0.5, 0.6) is 5.75 Å². The van der Waals surface area contributed by atoms with Crippen molar-refractivity contribution in [2.24, 2.45) is 5.41 Å². The summed E-state index contributed by atoms with van der Waals surface area (Å²) < 4.78 is 16.4. The van der Waals surface area contributed by atoms with Gasteiger partial charge in [0.25, 0.3) is 0 Å². The Morgan fingerprint density at radius 1 is 1.25 bits per heavy atom. The van der Waals surface area contributed by atoms with E-state index in [1.165, 1.54) is 0 Å². The van der Waals surface area contributed by atoms with Gasteiger partial charge in [-0.1, -0.05) is 26.0 Å². The van der Waals surface area contributed by atoms with E-state index < -0.39 is 6.10 Å². The highest BCUT2D eigenvalue weighted by molar-refractivity contribution is 5.28. The van der Waals surface area contributed by atoms with Gasteiger partial charge in [0, 0.05) is 11.8 Å². The molecule has 1 saturated heterocycles. The molecule has 1 atom stereocenters. The molecule has 1 aromatic carbocycles. The van der Waals surface area contributed by atoms with Gasteiger partial charge in [0.2, 0.25) is 0 Å². The third-order valence-corrected chi connectivity index (χ3v) is 3.50. The fourth-order valence-electron chi connectivity index (χ4n) is 2.18. The highest BCUT2D eigenvalue weighted by atomic mass is 16.7. The van der Waals surface area contributed by atoms with E-state index in [1.807, 2.05) is 24.3 Å². The second-order valence-corrected chi connectivity index (χ2v) is 6.08. The first-order chi connectivity index (χ1) is 9.50. The Balaban J connectivity index is 1.78. The van der Waals surface area contributed by atoms with Crippen LogP contribution in [0.4, 0.5) is 0 Å². The number of aliphatic hydroxyl groups is 1. The maximum Gasteiger partial charge on any atom is 0.157 e. The summed E-state index contributed by atoms with van der Waals surface area (Å²) >= 11 is 0. The van der Waals surface area contributed by atoms with Gasteiger partial charge >= 0.3 is 0 Å². The van der Waals surface area contributed by atoms with Crippen molar-refractivity contribution in [1.82, 2.24) is 0 Å². The monoisotopic (exact) mass is 280 g/mol. The molecule has 0 amide bonds. The zero-order valence-corrected chi connectivity index (χ0v) is 12.5. The molecule has 1 unspecified atom stereocenters. The van der Waals surface area contributed by atoms with Crippen LogP contribution >= 0.6 is 0 Å². The van der Waals surface area contributed by atoms with E-state index in [2.05, 4.69) is 13.8 Å². The number of hydrogen-bond donors (Lipinski definition) is 1. The largest absolute Gasteiger partial charge is 0.497 e. The van der Waals surface area contributed by atoms with Gasteiger partial charge in [-0.05, 0) is 24.1 Å². The molecule has 2 rings (SSSR count). The summed E-state index contributed by atoms with van der Waals surface area (Å²) in [5.74, 6) is 0.794. The quantitative estimate of drug-likeness (QED) is 0.901. The lowest BCUT2D eigenvalue weighted by Gasteiger charge is -2.34. The summed E-state index contributed by atoms with van der Waals surface area (Å²) in [6, 6.07) is 7.48. The fraction of sp³-hybridized carbons (Fsp3) is 0.625. The van der Waals surface area contributed by atoms with Gasteiger partial charge in [0.1, 0.15) is 5.75 Å². The van der Waals surface area contributed by atoms with Crippen molar-refractivity contribution in [2.45, 2.75) is 39.1 Å². The zero-order valence-electron chi connectivity index (χ0n) is 12.5. The van der Waals surface area contributed by atoms with Gasteiger partial charge in [-0.2, -0.15) is 0 Å². The first-order valence-corrected chi connectivity index (χ1v) is 7.05. The molecule has 0 spiro atoms. The predicted octanol–water partition coefficient (Wildman–Crippen LogP) is 2.91. The van der Waals surface area contributed by atoms with E-state index in [0.29, 0.717) is 26.1 Å². The maximum absolute atomic E-state index is 10.2. The molecule has 0 saturated carbocycles. The lowest BCUT2D eigenvalue weighted by molar-refractivity contribution is -0.225. The number of hydrogen-bond acceptors (Lipinski definition) is 4. The fourth-order valence-corrected chi connectivity index (χ4v) is 2.18. The van der Waals surface area contributed by atoms with Crippen molar-refractivity contribution >= 4 is 0 Å². The average Bonchev–Trinajstić information content (AvgIpc) is 2.46. The predicted molar refractivity (Wildman–Crippen MR) is 76.7 cm³/mol. The first-order valence-electron chi connectivity index (χ1n) is 7.05. The molecule has 4 heteroatoms. The molecule has 20 heavy (non-hydrogen) atoms. The van der Waals surface area contributed by atoms with E-state index in [-0.39, 0.29) is 11.7 Å². The van der Waals surface area contributed by atoms with Crippen molar-refractivity contribution in [3.63, 3.8) is 0 Å². The van der Waals surface area contributed by atoms with Gasteiger partial charge in [0.15, 0.2) is 6.29 Å². The van der Waals surface area contributed by atoms with E-state index in [9.17, 15) is 5.11 Å². The third kappa shape index (κ3) is 4.20. The second-order valence-electron chi connectivity index (χ2n) is 6.08.